The monoisotopic (exact) mass is 431 g/mol. The van der Waals surface area contributed by atoms with Gasteiger partial charge in [0.1, 0.15) is 0 Å². The molecular weight excluding hydrogens is 409 g/mol. The van der Waals surface area contributed by atoms with Crippen LogP contribution in [0.25, 0.3) is 0 Å². The lowest BCUT2D eigenvalue weighted by molar-refractivity contribution is -0.116. The highest BCUT2D eigenvalue weighted by atomic mass is 35.5. The summed E-state index contributed by atoms with van der Waals surface area (Å²) in [4.78, 5) is 26.5. The number of nitrogens with one attached hydrogen (secondary N) is 2. The number of carbonyl (C=O) groups is 2. The summed E-state index contributed by atoms with van der Waals surface area (Å²) < 4.78 is 0. The van der Waals surface area contributed by atoms with Gasteiger partial charge in [0, 0.05) is 53.4 Å². The van der Waals surface area contributed by atoms with Gasteiger partial charge in [0.25, 0.3) is 5.91 Å². The van der Waals surface area contributed by atoms with Crippen LogP contribution in [-0.2, 0) is 17.8 Å². The van der Waals surface area contributed by atoms with E-state index in [1.54, 1.807) is 18.2 Å². The smallest absolute Gasteiger partial charge is 0.251 e. The molecule has 2 N–H and O–H groups in total. The van der Waals surface area contributed by atoms with E-state index in [2.05, 4.69) is 33.7 Å². The topological polar surface area (TPSA) is 61.4 Å². The number of anilines is 1. The van der Waals surface area contributed by atoms with E-state index < -0.39 is 0 Å². The molecule has 2 aliphatic heterocycles. The van der Waals surface area contributed by atoms with Crippen LogP contribution in [0.5, 0.6) is 0 Å². The normalized spacial score (nSPS) is 17.5. The second-order valence-electron chi connectivity index (χ2n) is 7.72. The highest BCUT2D eigenvalue weighted by Gasteiger charge is 2.22. The summed E-state index contributed by atoms with van der Waals surface area (Å²) in [7, 11) is 0. The molecule has 4 rings (SSSR count). The molecule has 2 aliphatic rings. The van der Waals surface area contributed by atoms with Crippen LogP contribution in [0.3, 0.4) is 0 Å². The number of benzene rings is 2. The summed E-state index contributed by atoms with van der Waals surface area (Å²) in [6, 6.07) is 11.4. The summed E-state index contributed by atoms with van der Waals surface area (Å²) in [5.74, 6) is -0.0505. The maximum absolute atomic E-state index is 12.5. The van der Waals surface area contributed by atoms with Crippen molar-refractivity contribution < 1.29 is 9.59 Å². The van der Waals surface area contributed by atoms with Gasteiger partial charge in [-0.3, -0.25) is 14.5 Å². The fourth-order valence-corrected chi connectivity index (χ4v) is 4.49. The lowest BCUT2D eigenvalue weighted by Gasteiger charge is -2.32. The van der Waals surface area contributed by atoms with Crippen molar-refractivity contribution in [2.24, 2.45) is 0 Å². The molecule has 0 unspecified atom stereocenters. The van der Waals surface area contributed by atoms with Crippen molar-refractivity contribution in [1.82, 2.24) is 10.2 Å². The molecule has 0 aromatic heterocycles. The van der Waals surface area contributed by atoms with Gasteiger partial charge in [0.2, 0.25) is 5.91 Å². The zero-order chi connectivity index (χ0) is 20.4. The molecule has 5 nitrogen and oxygen atoms in total. The van der Waals surface area contributed by atoms with Crippen molar-refractivity contribution in [1.29, 1.82) is 0 Å². The van der Waals surface area contributed by atoms with Gasteiger partial charge in [0.05, 0.1) is 0 Å². The van der Waals surface area contributed by atoms with Gasteiger partial charge in [-0.15, -0.1) is 0 Å². The third kappa shape index (κ3) is 5.10. The number of amides is 2. The van der Waals surface area contributed by atoms with Gasteiger partial charge in [0.15, 0.2) is 0 Å². The first-order valence-corrected chi connectivity index (χ1v) is 10.6. The van der Waals surface area contributed by atoms with Crippen LogP contribution < -0.4 is 10.6 Å². The Morgan fingerprint density at radius 2 is 1.79 bits per heavy atom. The number of hydrogen-bond acceptors (Lipinski definition) is 3. The molecule has 0 spiro atoms. The van der Waals surface area contributed by atoms with Crippen molar-refractivity contribution in [3.8, 4) is 0 Å². The minimum Gasteiger partial charge on any atom is -0.349 e. The molecule has 7 heteroatoms. The fraction of sp³-hybridized carbons (Fsp3) is 0.364. The van der Waals surface area contributed by atoms with Crippen LogP contribution in [0.4, 0.5) is 5.69 Å². The Hall–Kier alpha value is -2.08. The van der Waals surface area contributed by atoms with E-state index in [1.165, 1.54) is 11.1 Å². The van der Waals surface area contributed by atoms with Crippen LogP contribution in [-0.4, -0.2) is 35.8 Å². The first-order valence-electron chi connectivity index (χ1n) is 9.87. The average molecular weight is 432 g/mol. The number of nitrogens with zero attached hydrogens (tertiary/aromatic N) is 1. The minimum absolute atomic E-state index is 0.0900. The molecule has 0 bridgehead atoms. The molecular formula is C22H23Cl2N3O2. The Morgan fingerprint density at radius 1 is 1.07 bits per heavy atom. The number of piperidine rings is 1. The van der Waals surface area contributed by atoms with E-state index in [0.29, 0.717) is 22.0 Å². The molecule has 0 aliphatic carbocycles. The molecule has 2 amide bonds. The number of likely N-dealkylation sites (tertiary alicyclic amines) is 1. The zero-order valence-electron chi connectivity index (χ0n) is 16.0. The Morgan fingerprint density at radius 3 is 2.52 bits per heavy atom. The Bertz CT molecular complexity index is 919. The average Bonchev–Trinajstić information content (AvgIpc) is 2.68. The largest absolute Gasteiger partial charge is 0.349 e. The molecule has 0 atom stereocenters. The molecule has 2 aromatic carbocycles. The third-order valence-corrected chi connectivity index (χ3v) is 5.96. The Balaban J connectivity index is 1.30. The van der Waals surface area contributed by atoms with E-state index in [9.17, 15) is 9.59 Å². The SMILES string of the molecule is O=C1CCc2ccc(CN3CCC(NC(=O)c4cc(Cl)cc(Cl)c4)CC3)cc2N1. The quantitative estimate of drug-likeness (QED) is 0.759. The van der Waals surface area contributed by atoms with Crippen LogP contribution in [0, 0.1) is 0 Å². The van der Waals surface area contributed by atoms with Gasteiger partial charge >= 0.3 is 0 Å². The van der Waals surface area contributed by atoms with Gasteiger partial charge in [-0.25, -0.2) is 0 Å². The number of aryl methyl sites for hydroxylation is 1. The summed E-state index contributed by atoms with van der Waals surface area (Å²) in [6.45, 7) is 2.66. The number of hydrogen-bond donors (Lipinski definition) is 2. The molecule has 1 saturated heterocycles. The predicted octanol–water partition coefficient (Wildman–Crippen LogP) is 4.27. The third-order valence-electron chi connectivity index (χ3n) is 5.52. The summed E-state index contributed by atoms with van der Waals surface area (Å²) in [5, 5.41) is 6.97. The van der Waals surface area contributed by atoms with Crippen molar-refractivity contribution >= 4 is 40.7 Å². The maximum Gasteiger partial charge on any atom is 0.251 e. The number of halogens is 2. The molecule has 0 saturated carbocycles. The lowest BCUT2D eigenvalue weighted by Crippen LogP contribution is -2.44. The standard InChI is InChI=1S/C22H23Cl2N3O2/c23-17-10-16(11-18(24)12-17)22(29)25-19-5-7-27(8-6-19)13-14-1-2-15-3-4-21(28)26-20(15)9-14/h1-2,9-12,19H,3-8,13H2,(H,25,29)(H,26,28). The molecule has 0 radical (unpaired) electrons. The second-order valence-corrected chi connectivity index (χ2v) is 8.59. The number of rotatable bonds is 4. The maximum atomic E-state index is 12.5. The van der Waals surface area contributed by atoms with Crippen molar-refractivity contribution in [3.05, 3.63) is 63.1 Å². The zero-order valence-corrected chi connectivity index (χ0v) is 17.5. The van der Waals surface area contributed by atoms with Gasteiger partial charge in [-0.05, 0) is 54.7 Å². The van der Waals surface area contributed by atoms with E-state index >= 15 is 0 Å². The number of fused-ring (bicyclic) bond motifs is 1. The van der Waals surface area contributed by atoms with E-state index in [4.69, 9.17) is 23.2 Å². The Kier molecular flexibility index (Phi) is 6.09. The molecule has 152 valence electrons. The molecule has 1 fully saturated rings. The van der Waals surface area contributed by atoms with Gasteiger partial charge < -0.3 is 10.6 Å². The lowest BCUT2D eigenvalue weighted by atomic mass is 9.99. The highest BCUT2D eigenvalue weighted by molar-refractivity contribution is 6.35. The van der Waals surface area contributed by atoms with E-state index in [1.807, 2.05) is 0 Å². The van der Waals surface area contributed by atoms with Gasteiger partial charge in [-0.2, -0.15) is 0 Å². The molecule has 29 heavy (non-hydrogen) atoms. The Labute approximate surface area is 180 Å². The molecule has 2 aromatic rings. The summed E-state index contributed by atoms with van der Waals surface area (Å²) in [6.07, 6.45) is 3.15. The van der Waals surface area contributed by atoms with E-state index in [0.717, 1.165) is 44.6 Å². The van der Waals surface area contributed by atoms with Gasteiger partial charge in [-0.1, -0.05) is 35.3 Å². The van der Waals surface area contributed by atoms with Crippen LogP contribution >= 0.6 is 23.2 Å². The van der Waals surface area contributed by atoms with Crippen molar-refractivity contribution in [3.63, 3.8) is 0 Å². The van der Waals surface area contributed by atoms with Crippen molar-refractivity contribution in [2.45, 2.75) is 38.3 Å². The number of carbonyl (C=O) groups excluding carboxylic acids is 2. The summed E-state index contributed by atoms with van der Waals surface area (Å²) in [5.41, 5.74) is 3.83. The van der Waals surface area contributed by atoms with Crippen LogP contribution in [0.15, 0.2) is 36.4 Å². The highest BCUT2D eigenvalue weighted by Crippen LogP contribution is 2.25. The van der Waals surface area contributed by atoms with Crippen LogP contribution in [0.2, 0.25) is 10.0 Å². The first-order chi connectivity index (χ1) is 14.0. The molecule has 2 heterocycles. The first kappa shape index (κ1) is 20.2. The predicted molar refractivity (Wildman–Crippen MR) is 116 cm³/mol. The van der Waals surface area contributed by atoms with Crippen LogP contribution in [0.1, 0.15) is 40.7 Å². The van der Waals surface area contributed by atoms with E-state index in [-0.39, 0.29) is 17.9 Å². The second kappa shape index (κ2) is 8.74. The minimum atomic E-state index is -0.140. The fourth-order valence-electron chi connectivity index (χ4n) is 3.96. The summed E-state index contributed by atoms with van der Waals surface area (Å²) >= 11 is 12.0. The van der Waals surface area contributed by atoms with Crippen molar-refractivity contribution in [2.75, 3.05) is 18.4 Å².